The molecular weight excluding hydrogens is 344 g/mol. The fraction of sp³-hybridized carbons (Fsp3) is 0.636. The Balaban J connectivity index is 1.59. The second-order valence-corrected chi connectivity index (χ2v) is 8.46. The van der Waals surface area contributed by atoms with Crippen LogP contribution in [0.4, 0.5) is 0 Å². The molecule has 0 aromatic heterocycles. The number of benzene rings is 1. The average Bonchev–Trinajstić information content (AvgIpc) is 2.78. The molecule has 5 nitrogen and oxygen atoms in total. The molecule has 0 bridgehead atoms. The first kappa shape index (κ1) is 18.3. The number of hydrogen-bond donors (Lipinski definition) is 0. The second kappa shape index (κ2) is 7.17. The highest BCUT2D eigenvalue weighted by Crippen LogP contribution is 2.57. The number of carbonyl (C=O) groups is 2. The van der Waals surface area contributed by atoms with E-state index in [2.05, 4.69) is 30.0 Å². The quantitative estimate of drug-likeness (QED) is 0.581. The zero-order chi connectivity index (χ0) is 19.0. The number of fused-ring (bicyclic) bond motifs is 5. The van der Waals surface area contributed by atoms with Crippen LogP contribution in [0.5, 0.6) is 5.75 Å². The van der Waals surface area contributed by atoms with E-state index in [0.717, 1.165) is 50.9 Å². The zero-order valence-corrected chi connectivity index (χ0v) is 16.2. The van der Waals surface area contributed by atoms with Gasteiger partial charge in [0.2, 0.25) is 0 Å². The van der Waals surface area contributed by atoms with E-state index in [1.807, 2.05) is 6.92 Å². The summed E-state index contributed by atoms with van der Waals surface area (Å²) in [6.45, 7) is 4.86. The van der Waals surface area contributed by atoms with Gasteiger partial charge >= 0.3 is 11.9 Å². The Morgan fingerprint density at radius 2 is 2.07 bits per heavy atom. The largest absolute Gasteiger partial charge is 0.494 e. The van der Waals surface area contributed by atoms with Gasteiger partial charge in [0.05, 0.1) is 18.4 Å². The van der Waals surface area contributed by atoms with Gasteiger partial charge in [-0.25, -0.2) is 19.4 Å². The highest BCUT2D eigenvalue weighted by molar-refractivity contribution is 5.81. The second-order valence-electron chi connectivity index (χ2n) is 8.46. The lowest BCUT2D eigenvalue weighted by Gasteiger charge is -2.48. The molecule has 0 N–H and O–H groups in total. The van der Waals surface area contributed by atoms with Crippen LogP contribution in [-0.4, -0.2) is 18.5 Å². The van der Waals surface area contributed by atoms with Crippen molar-refractivity contribution in [2.24, 2.45) is 17.3 Å². The molecule has 146 valence electrons. The summed E-state index contributed by atoms with van der Waals surface area (Å²) in [6.07, 6.45) is 6.05. The number of unbranched alkanes of at least 4 members (excludes halogenated alkanes) is 1. The predicted octanol–water partition coefficient (Wildman–Crippen LogP) is 4.33. The van der Waals surface area contributed by atoms with Gasteiger partial charge in [0, 0.05) is 0 Å². The van der Waals surface area contributed by atoms with Gasteiger partial charge in [-0.2, -0.15) is 0 Å². The van der Waals surface area contributed by atoms with Crippen LogP contribution in [0.1, 0.15) is 69.4 Å². The molecule has 1 saturated heterocycles. The minimum Gasteiger partial charge on any atom is -0.494 e. The molecule has 3 aliphatic rings. The van der Waals surface area contributed by atoms with Crippen molar-refractivity contribution in [2.45, 2.75) is 64.7 Å². The molecule has 2 aliphatic carbocycles. The Morgan fingerprint density at radius 3 is 2.89 bits per heavy atom. The third kappa shape index (κ3) is 3.21. The normalized spacial score (nSPS) is 32.3. The van der Waals surface area contributed by atoms with E-state index < -0.39 is 11.4 Å². The Kier molecular flexibility index (Phi) is 4.87. The van der Waals surface area contributed by atoms with Crippen LogP contribution in [0.15, 0.2) is 18.2 Å². The molecule has 1 aromatic carbocycles. The third-order valence-electron chi connectivity index (χ3n) is 6.92. The summed E-state index contributed by atoms with van der Waals surface area (Å²) >= 11 is 0. The molecule has 1 saturated carbocycles. The summed E-state index contributed by atoms with van der Waals surface area (Å²) in [5.74, 6) is 0.803. The lowest BCUT2D eigenvalue weighted by molar-refractivity contribution is -0.261. The maximum absolute atomic E-state index is 12.5. The van der Waals surface area contributed by atoms with Gasteiger partial charge in [-0.1, -0.05) is 19.4 Å². The predicted molar refractivity (Wildman–Crippen MR) is 99.0 cm³/mol. The van der Waals surface area contributed by atoms with Crippen LogP contribution in [0.25, 0.3) is 0 Å². The number of aryl methyl sites for hydroxylation is 1. The van der Waals surface area contributed by atoms with Gasteiger partial charge in [-0.05, 0) is 80.0 Å². The van der Waals surface area contributed by atoms with Crippen molar-refractivity contribution in [1.82, 2.24) is 0 Å². The molecule has 0 amide bonds. The maximum atomic E-state index is 12.5. The molecule has 1 aromatic rings. The minimum absolute atomic E-state index is 0.0209. The van der Waals surface area contributed by atoms with Gasteiger partial charge in [-0.15, -0.1) is 0 Å². The fourth-order valence-corrected chi connectivity index (χ4v) is 5.33. The van der Waals surface area contributed by atoms with E-state index in [4.69, 9.17) is 9.62 Å². The van der Waals surface area contributed by atoms with E-state index in [9.17, 15) is 9.59 Å². The Bertz CT molecular complexity index is 742. The van der Waals surface area contributed by atoms with Crippen molar-refractivity contribution >= 4 is 11.9 Å². The summed E-state index contributed by atoms with van der Waals surface area (Å²) in [5.41, 5.74) is 2.09. The van der Waals surface area contributed by atoms with E-state index in [1.165, 1.54) is 11.1 Å². The molecule has 1 aliphatic heterocycles. The number of ether oxygens (including phenoxy) is 1. The van der Waals surface area contributed by atoms with E-state index in [1.54, 1.807) is 0 Å². The first-order chi connectivity index (χ1) is 13.0. The monoisotopic (exact) mass is 372 g/mol. The molecular formula is C22H28O5. The summed E-state index contributed by atoms with van der Waals surface area (Å²) in [6, 6.07) is 6.45. The van der Waals surface area contributed by atoms with Crippen molar-refractivity contribution in [3.63, 3.8) is 0 Å². The van der Waals surface area contributed by atoms with E-state index >= 15 is 0 Å². The molecule has 4 rings (SSSR count). The third-order valence-corrected chi connectivity index (χ3v) is 6.92. The molecule has 0 spiro atoms. The summed E-state index contributed by atoms with van der Waals surface area (Å²) in [5, 5.41) is 0. The van der Waals surface area contributed by atoms with Gasteiger partial charge in [0.25, 0.3) is 0 Å². The average molecular weight is 372 g/mol. The molecule has 27 heavy (non-hydrogen) atoms. The number of rotatable bonds is 4. The van der Waals surface area contributed by atoms with Gasteiger partial charge in [0.15, 0.2) is 0 Å². The zero-order valence-electron chi connectivity index (χ0n) is 16.2. The topological polar surface area (TPSA) is 61.8 Å². The SMILES string of the molecule is CCCCOc1ccc2c(c1)CCC1C2CC[C@]2(C)C(=O)OOC(=O)CC12. The highest BCUT2D eigenvalue weighted by Gasteiger charge is 2.55. The van der Waals surface area contributed by atoms with Crippen LogP contribution in [0, 0.1) is 17.3 Å². The summed E-state index contributed by atoms with van der Waals surface area (Å²) in [7, 11) is 0. The first-order valence-electron chi connectivity index (χ1n) is 10.2. The molecule has 4 atom stereocenters. The minimum atomic E-state index is -0.631. The number of carbonyl (C=O) groups excluding carboxylic acids is 2. The number of hydrogen-bond acceptors (Lipinski definition) is 5. The van der Waals surface area contributed by atoms with Crippen molar-refractivity contribution in [2.75, 3.05) is 6.61 Å². The molecule has 0 radical (unpaired) electrons. The van der Waals surface area contributed by atoms with Crippen LogP contribution in [0.3, 0.4) is 0 Å². The molecule has 2 fully saturated rings. The molecule has 5 heteroatoms. The standard InChI is InChI=1S/C22H28O5/c1-3-4-11-25-15-6-8-16-14(12-15)5-7-18-17(16)9-10-22(2)19(18)13-20(23)26-27-21(22)24/h6,8,12,17-19H,3-5,7,9-11,13H2,1-2H3/t17?,18?,19?,22-/m0/s1. The lowest BCUT2D eigenvalue weighted by atomic mass is 9.54. The van der Waals surface area contributed by atoms with Gasteiger partial charge in [0.1, 0.15) is 5.75 Å². The Hall–Kier alpha value is -2.04. The Labute approximate surface area is 160 Å². The molecule has 3 unspecified atom stereocenters. The van der Waals surface area contributed by atoms with E-state index in [0.29, 0.717) is 11.8 Å². The maximum Gasteiger partial charge on any atom is 0.361 e. The fourth-order valence-electron chi connectivity index (χ4n) is 5.33. The highest BCUT2D eigenvalue weighted by atomic mass is 17.2. The van der Waals surface area contributed by atoms with Crippen molar-refractivity contribution in [3.05, 3.63) is 29.3 Å². The van der Waals surface area contributed by atoms with Crippen molar-refractivity contribution < 1.29 is 24.1 Å². The lowest BCUT2D eigenvalue weighted by Crippen LogP contribution is -2.46. The van der Waals surface area contributed by atoms with Crippen LogP contribution in [-0.2, 0) is 25.8 Å². The Morgan fingerprint density at radius 1 is 1.22 bits per heavy atom. The molecule has 1 heterocycles. The first-order valence-corrected chi connectivity index (χ1v) is 10.2. The van der Waals surface area contributed by atoms with Gasteiger partial charge in [-0.3, -0.25) is 0 Å². The smallest absolute Gasteiger partial charge is 0.361 e. The summed E-state index contributed by atoms with van der Waals surface area (Å²) < 4.78 is 5.87. The van der Waals surface area contributed by atoms with Crippen LogP contribution in [0.2, 0.25) is 0 Å². The van der Waals surface area contributed by atoms with Crippen molar-refractivity contribution in [3.8, 4) is 5.75 Å². The van der Waals surface area contributed by atoms with Crippen LogP contribution >= 0.6 is 0 Å². The van der Waals surface area contributed by atoms with Crippen molar-refractivity contribution in [1.29, 1.82) is 0 Å². The van der Waals surface area contributed by atoms with E-state index in [-0.39, 0.29) is 18.3 Å². The van der Waals surface area contributed by atoms with Crippen LogP contribution < -0.4 is 4.74 Å². The summed E-state index contributed by atoms with van der Waals surface area (Å²) in [4.78, 5) is 34.0. The van der Waals surface area contributed by atoms with Gasteiger partial charge < -0.3 is 4.74 Å².